The highest BCUT2D eigenvalue weighted by atomic mass is 19.1. The number of rotatable bonds is 7. The summed E-state index contributed by atoms with van der Waals surface area (Å²) in [6.45, 7) is 2.29. The highest BCUT2D eigenvalue weighted by Crippen LogP contribution is 2.22. The number of methoxy groups -OCH3 is 1. The van der Waals surface area contributed by atoms with Gasteiger partial charge < -0.3 is 19.9 Å². The average Bonchev–Trinajstić information content (AvgIpc) is 3.02. The maximum Gasteiger partial charge on any atom is 0.165 e. The van der Waals surface area contributed by atoms with Crippen LogP contribution >= 0.6 is 0 Å². The second kappa shape index (κ2) is 8.37. The van der Waals surface area contributed by atoms with Crippen LogP contribution in [0.1, 0.15) is 12.5 Å². The van der Waals surface area contributed by atoms with Gasteiger partial charge in [0.25, 0.3) is 0 Å². The average molecular weight is 345 g/mol. The van der Waals surface area contributed by atoms with Crippen molar-refractivity contribution in [3.05, 3.63) is 65.4 Å². The molecule has 0 aliphatic carbocycles. The van der Waals surface area contributed by atoms with Gasteiger partial charge in [0, 0.05) is 44.8 Å². The molecule has 1 aliphatic heterocycles. The van der Waals surface area contributed by atoms with E-state index in [4.69, 9.17) is 4.74 Å². The number of allylic oxidation sites excluding steroid dienone is 1. The molecule has 25 heavy (non-hydrogen) atoms. The molecule has 1 atom stereocenters. The first-order valence-corrected chi connectivity index (χ1v) is 7.97. The highest BCUT2D eigenvalue weighted by Gasteiger charge is 2.22. The third kappa shape index (κ3) is 4.86. The largest absolute Gasteiger partial charge is 0.494 e. The Balaban J connectivity index is 2.24. The fourth-order valence-corrected chi connectivity index (χ4v) is 2.64. The molecule has 0 fully saturated rings. The summed E-state index contributed by atoms with van der Waals surface area (Å²) in [4.78, 5) is 15.0. The molecule has 0 amide bonds. The fourth-order valence-electron chi connectivity index (χ4n) is 2.64. The molecule has 1 heterocycles. The first kappa shape index (κ1) is 18.6. The zero-order valence-electron chi connectivity index (χ0n) is 15.0. The Bertz CT molecular complexity index is 711. The summed E-state index contributed by atoms with van der Waals surface area (Å²) >= 11 is 0. The summed E-state index contributed by atoms with van der Waals surface area (Å²) in [5.41, 5.74) is 2.41. The van der Waals surface area contributed by atoms with Crippen LogP contribution in [0, 0.1) is 5.82 Å². The van der Waals surface area contributed by atoms with Crippen LogP contribution in [-0.4, -0.2) is 43.5 Å². The number of nitrogens with one attached hydrogen (secondary N) is 1. The van der Waals surface area contributed by atoms with E-state index in [1.807, 2.05) is 54.6 Å². The number of halogens is 1. The molecule has 1 aromatic rings. The summed E-state index contributed by atoms with van der Waals surface area (Å²) in [5.74, 6) is -0.151. The molecule has 134 valence electrons. The van der Waals surface area contributed by atoms with Crippen LogP contribution < -0.4 is 10.1 Å². The molecule has 0 saturated carbocycles. The van der Waals surface area contributed by atoms with Gasteiger partial charge >= 0.3 is 0 Å². The lowest BCUT2D eigenvalue weighted by Gasteiger charge is -2.28. The zero-order valence-corrected chi connectivity index (χ0v) is 15.0. The lowest BCUT2D eigenvalue weighted by Crippen LogP contribution is -2.37. The van der Waals surface area contributed by atoms with Gasteiger partial charge in [-0.1, -0.05) is 6.07 Å². The lowest BCUT2D eigenvalue weighted by atomic mass is 10.1. The van der Waals surface area contributed by atoms with E-state index in [1.54, 1.807) is 13.0 Å². The number of nitrogens with zero attached hydrogens (tertiary/aromatic N) is 2. The number of carbonyl (C=O) groups excluding carboxylic acids is 1. The number of aldehydes is 1. The zero-order chi connectivity index (χ0) is 18.4. The minimum Gasteiger partial charge on any atom is -0.494 e. The Morgan fingerprint density at radius 2 is 2.20 bits per heavy atom. The predicted octanol–water partition coefficient (Wildman–Crippen LogP) is 2.63. The van der Waals surface area contributed by atoms with Gasteiger partial charge in [0.2, 0.25) is 0 Å². The van der Waals surface area contributed by atoms with Gasteiger partial charge in [-0.15, -0.1) is 0 Å². The van der Waals surface area contributed by atoms with Crippen molar-refractivity contribution in [1.29, 1.82) is 0 Å². The SMILES string of the molecule is COc1ccc(CN2C=CNC2C(/C=C(/C)C=O)=C/N(C)C)cc1F. The molecule has 1 unspecified atom stereocenters. The van der Waals surface area contributed by atoms with Crippen LogP contribution in [0.5, 0.6) is 5.75 Å². The van der Waals surface area contributed by atoms with E-state index in [0.717, 1.165) is 17.4 Å². The van der Waals surface area contributed by atoms with Gasteiger partial charge in [-0.25, -0.2) is 4.39 Å². The number of benzene rings is 1. The van der Waals surface area contributed by atoms with E-state index < -0.39 is 0 Å². The molecule has 0 bridgehead atoms. The van der Waals surface area contributed by atoms with Crippen molar-refractivity contribution in [3.63, 3.8) is 0 Å². The molecule has 1 N–H and O–H groups in total. The molecule has 0 saturated heterocycles. The predicted molar refractivity (Wildman–Crippen MR) is 96.1 cm³/mol. The summed E-state index contributed by atoms with van der Waals surface area (Å²) in [6, 6.07) is 4.94. The van der Waals surface area contributed by atoms with Gasteiger partial charge in [-0.05, 0) is 36.3 Å². The van der Waals surface area contributed by atoms with Crippen molar-refractivity contribution >= 4 is 6.29 Å². The number of ether oxygens (including phenoxy) is 1. The second-order valence-electron chi connectivity index (χ2n) is 6.13. The smallest absolute Gasteiger partial charge is 0.165 e. The highest BCUT2D eigenvalue weighted by molar-refractivity contribution is 5.73. The van der Waals surface area contributed by atoms with Crippen molar-refractivity contribution < 1.29 is 13.9 Å². The van der Waals surface area contributed by atoms with Gasteiger partial charge in [-0.2, -0.15) is 0 Å². The van der Waals surface area contributed by atoms with Gasteiger partial charge in [0.05, 0.1) is 7.11 Å². The molecule has 0 aromatic heterocycles. The summed E-state index contributed by atoms with van der Waals surface area (Å²) in [5, 5.41) is 3.27. The van der Waals surface area contributed by atoms with Crippen molar-refractivity contribution in [2.45, 2.75) is 19.6 Å². The molecule has 0 spiro atoms. The van der Waals surface area contributed by atoms with Crippen LogP contribution in [0.3, 0.4) is 0 Å². The minimum atomic E-state index is -0.381. The van der Waals surface area contributed by atoms with Crippen molar-refractivity contribution in [2.75, 3.05) is 21.2 Å². The summed E-state index contributed by atoms with van der Waals surface area (Å²) < 4.78 is 18.9. The molecule has 6 heteroatoms. The Kier molecular flexibility index (Phi) is 6.22. The van der Waals surface area contributed by atoms with Crippen LogP contribution in [0.2, 0.25) is 0 Å². The van der Waals surface area contributed by atoms with E-state index in [0.29, 0.717) is 12.1 Å². The van der Waals surface area contributed by atoms with Crippen LogP contribution in [0.15, 0.2) is 54.0 Å². The Morgan fingerprint density at radius 1 is 1.44 bits per heavy atom. The number of hydrogen-bond donors (Lipinski definition) is 1. The van der Waals surface area contributed by atoms with Crippen molar-refractivity contribution in [2.24, 2.45) is 0 Å². The topological polar surface area (TPSA) is 44.8 Å². The van der Waals surface area contributed by atoms with Crippen molar-refractivity contribution in [1.82, 2.24) is 15.1 Å². The quantitative estimate of drug-likeness (QED) is 0.468. The first-order valence-electron chi connectivity index (χ1n) is 7.97. The molecular formula is C19H24FN3O2. The van der Waals surface area contributed by atoms with Crippen LogP contribution in [-0.2, 0) is 11.3 Å². The number of hydrogen-bond acceptors (Lipinski definition) is 5. The number of carbonyl (C=O) groups is 1. The lowest BCUT2D eigenvalue weighted by molar-refractivity contribution is -0.104. The minimum absolute atomic E-state index is 0.137. The van der Waals surface area contributed by atoms with E-state index in [-0.39, 0.29) is 17.7 Å². The summed E-state index contributed by atoms with van der Waals surface area (Å²) in [6.07, 6.45) is 8.26. The Morgan fingerprint density at radius 3 is 2.80 bits per heavy atom. The molecule has 1 aromatic carbocycles. The first-order chi connectivity index (χ1) is 11.9. The van der Waals surface area contributed by atoms with E-state index in [1.165, 1.54) is 13.2 Å². The van der Waals surface area contributed by atoms with Crippen molar-refractivity contribution in [3.8, 4) is 5.75 Å². The molecular weight excluding hydrogens is 321 g/mol. The standard InChI is InChI=1S/C19H24FN3O2/c1-14(13-24)9-16(12-22(2)3)19-21-7-8-23(19)11-15-5-6-18(25-4)17(20)10-15/h5-10,12-13,19,21H,11H2,1-4H3/b14-9-,16-12+. The normalized spacial score (nSPS) is 17.5. The molecule has 5 nitrogen and oxygen atoms in total. The van der Waals surface area contributed by atoms with Gasteiger partial charge in [0.15, 0.2) is 11.6 Å². The summed E-state index contributed by atoms with van der Waals surface area (Å²) in [7, 11) is 5.30. The van der Waals surface area contributed by atoms with Crippen LogP contribution in [0.4, 0.5) is 4.39 Å². The van der Waals surface area contributed by atoms with Gasteiger partial charge in [0.1, 0.15) is 12.5 Å². The van der Waals surface area contributed by atoms with Crippen LogP contribution in [0.25, 0.3) is 0 Å². The Labute approximate surface area is 148 Å². The Hall–Kier alpha value is -2.76. The monoisotopic (exact) mass is 345 g/mol. The third-order valence-corrected chi connectivity index (χ3v) is 3.74. The maximum atomic E-state index is 13.9. The van der Waals surface area contributed by atoms with E-state index in [2.05, 4.69) is 5.32 Å². The molecule has 1 aliphatic rings. The maximum absolute atomic E-state index is 13.9. The fraction of sp³-hybridized carbons (Fsp3) is 0.316. The molecule has 2 rings (SSSR count). The van der Waals surface area contributed by atoms with E-state index in [9.17, 15) is 9.18 Å². The third-order valence-electron chi connectivity index (χ3n) is 3.74. The van der Waals surface area contributed by atoms with Gasteiger partial charge in [-0.3, -0.25) is 4.79 Å². The second-order valence-corrected chi connectivity index (χ2v) is 6.13. The van der Waals surface area contributed by atoms with E-state index >= 15 is 0 Å². The molecule has 0 radical (unpaired) electrons.